The first kappa shape index (κ1) is 28.0. The molecule has 202 valence electrons. The molecule has 3 aromatic carbocycles. The summed E-state index contributed by atoms with van der Waals surface area (Å²) < 4.78 is 87.6. The van der Waals surface area contributed by atoms with Gasteiger partial charge >= 0.3 is 0 Å². The van der Waals surface area contributed by atoms with Crippen LogP contribution < -0.4 is 0 Å². The monoisotopic (exact) mass is 532 g/mol. The minimum absolute atomic E-state index is 0.000926. The Morgan fingerprint density at radius 1 is 0.737 bits per heavy atom. The molecule has 2 atom stereocenters. The van der Waals surface area contributed by atoms with E-state index < -0.39 is 41.0 Å². The SMILES string of the molecule is CCCc1ccc(CCc2ccc(C3=CCC(c4ccc(C(C)O)c(F)c4F)CC3)c(F)c2F)c(F)c1F. The van der Waals surface area contributed by atoms with Crippen LogP contribution in [0, 0.1) is 34.9 Å². The Labute approximate surface area is 218 Å². The molecule has 0 saturated heterocycles. The van der Waals surface area contributed by atoms with Gasteiger partial charge in [0.25, 0.3) is 0 Å². The van der Waals surface area contributed by atoms with Crippen molar-refractivity contribution in [3.63, 3.8) is 0 Å². The number of aryl methyl sites for hydroxylation is 3. The molecular weight excluding hydrogens is 502 g/mol. The normalized spacial score (nSPS) is 16.4. The van der Waals surface area contributed by atoms with Crippen molar-refractivity contribution in [3.05, 3.63) is 111 Å². The van der Waals surface area contributed by atoms with Crippen LogP contribution >= 0.6 is 0 Å². The fourth-order valence-corrected chi connectivity index (χ4v) is 5.16. The molecule has 3 aromatic rings. The lowest BCUT2D eigenvalue weighted by atomic mass is 9.81. The van der Waals surface area contributed by atoms with E-state index in [1.165, 1.54) is 43.3 Å². The van der Waals surface area contributed by atoms with E-state index in [1.54, 1.807) is 6.08 Å². The van der Waals surface area contributed by atoms with E-state index in [-0.39, 0.29) is 46.6 Å². The Hall–Kier alpha value is -3.06. The molecular formula is C31H30F6O. The summed E-state index contributed by atoms with van der Waals surface area (Å²) in [5.41, 5.74) is 1.22. The third kappa shape index (κ3) is 5.53. The van der Waals surface area contributed by atoms with Gasteiger partial charge in [-0.1, -0.05) is 55.8 Å². The summed E-state index contributed by atoms with van der Waals surface area (Å²) in [5.74, 6) is -6.30. The summed E-state index contributed by atoms with van der Waals surface area (Å²) >= 11 is 0. The third-order valence-corrected chi connectivity index (χ3v) is 7.38. The van der Waals surface area contributed by atoms with Gasteiger partial charge in [-0.2, -0.15) is 0 Å². The van der Waals surface area contributed by atoms with Crippen LogP contribution in [0.2, 0.25) is 0 Å². The zero-order valence-corrected chi connectivity index (χ0v) is 21.4. The van der Waals surface area contributed by atoms with Crippen molar-refractivity contribution in [2.45, 2.75) is 70.8 Å². The lowest BCUT2D eigenvalue weighted by Gasteiger charge is -2.24. The van der Waals surface area contributed by atoms with Gasteiger partial charge < -0.3 is 5.11 Å². The molecule has 4 rings (SSSR count). The van der Waals surface area contributed by atoms with Crippen molar-refractivity contribution in [1.82, 2.24) is 0 Å². The fourth-order valence-electron chi connectivity index (χ4n) is 5.16. The minimum Gasteiger partial charge on any atom is -0.389 e. The Morgan fingerprint density at radius 2 is 1.32 bits per heavy atom. The van der Waals surface area contributed by atoms with E-state index in [2.05, 4.69) is 0 Å². The van der Waals surface area contributed by atoms with Crippen molar-refractivity contribution in [3.8, 4) is 0 Å². The number of benzene rings is 3. The maximum absolute atomic E-state index is 15.0. The Kier molecular flexibility index (Phi) is 8.66. The van der Waals surface area contributed by atoms with Gasteiger partial charge in [-0.3, -0.25) is 0 Å². The second-order valence-electron chi connectivity index (χ2n) is 9.91. The summed E-state index contributed by atoms with van der Waals surface area (Å²) in [7, 11) is 0. The largest absolute Gasteiger partial charge is 0.389 e. The predicted molar refractivity (Wildman–Crippen MR) is 136 cm³/mol. The topological polar surface area (TPSA) is 20.2 Å². The van der Waals surface area contributed by atoms with Crippen LogP contribution in [0.1, 0.15) is 84.9 Å². The van der Waals surface area contributed by atoms with Crippen molar-refractivity contribution < 1.29 is 31.4 Å². The molecule has 0 bridgehead atoms. The van der Waals surface area contributed by atoms with Crippen molar-refractivity contribution >= 4 is 5.57 Å². The molecule has 1 aliphatic carbocycles. The number of aliphatic hydroxyl groups is 1. The summed E-state index contributed by atoms with van der Waals surface area (Å²) in [4.78, 5) is 0. The van der Waals surface area contributed by atoms with E-state index >= 15 is 4.39 Å². The van der Waals surface area contributed by atoms with E-state index in [0.717, 1.165) is 0 Å². The number of aliphatic hydroxyl groups excluding tert-OH is 1. The van der Waals surface area contributed by atoms with E-state index in [9.17, 15) is 27.1 Å². The molecule has 1 N–H and O–H groups in total. The molecule has 38 heavy (non-hydrogen) atoms. The van der Waals surface area contributed by atoms with Crippen LogP contribution in [0.5, 0.6) is 0 Å². The molecule has 0 fully saturated rings. The summed E-state index contributed by atoms with van der Waals surface area (Å²) in [6.45, 7) is 3.22. The van der Waals surface area contributed by atoms with Gasteiger partial charge in [0.05, 0.1) is 6.10 Å². The highest BCUT2D eigenvalue weighted by atomic mass is 19.2. The number of hydrogen-bond donors (Lipinski definition) is 1. The van der Waals surface area contributed by atoms with Crippen LogP contribution in [-0.4, -0.2) is 5.11 Å². The molecule has 0 heterocycles. The van der Waals surface area contributed by atoms with Gasteiger partial charge in [-0.15, -0.1) is 0 Å². The summed E-state index contributed by atoms with van der Waals surface area (Å²) in [5, 5.41) is 9.59. The molecule has 2 unspecified atom stereocenters. The molecule has 1 aliphatic rings. The third-order valence-electron chi connectivity index (χ3n) is 7.38. The molecule has 0 spiro atoms. The molecule has 7 heteroatoms. The van der Waals surface area contributed by atoms with Gasteiger partial charge in [0.2, 0.25) is 0 Å². The molecule has 1 nitrogen and oxygen atoms in total. The van der Waals surface area contributed by atoms with Crippen LogP contribution in [-0.2, 0) is 19.3 Å². The van der Waals surface area contributed by atoms with Gasteiger partial charge in [-0.25, -0.2) is 26.3 Å². The predicted octanol–water partition coefficient (Wildman–Crippen LogP) is 8.66. The highest BCUT2D eigenvalue weighted by molar-refractivity contribution is 5.67. The Bertz CT molecular complexity index is 1360. The van der Waals surface area contributed by atoms with Crippen molar-refractivity contribution in [2.24, 2.45) is 0 Å². The standard InChI is InChI=1S/C31H30F6O/c1-3-4-20-9-10-21(27(33)26(20)32)11-12-22-13-14-24(30(36)28(22)34)18-5-7-19(8-6-18)25-16-15-23(17(2)38)29(35)31(25)37/h5,9-10,13-17,19,38H,3-4,6-8,11-12H2,1-2H3. The van der Waals surface area contributed by atoms with E-state index in [4.69, 9.17) is 0 Å². The summed E-state index contributed by atoms with van der Waals surface area (Å²) in [6.07, 6.45) is 2.77. The van der Waals surface area contributed by atoms with Crippen LogP contribution in [0.3, 0.4) is 0 Å². The smallest absolute Gasteiger partial charge is 0.166 e. The second-order valence-corrected chi connectivity index (χ2v) is 9.91. The molecule has 0 aliphatic heterocycles. The van der Waals surface area contributed by atoms with E-state index in [1.807, 2.05) is 6.92 Å². The Morgan fingerprint density at radius 3 is 1.87 bits per heavy atom. The van der Waals surface area contributed by atoms with Crippen LogP contribution in [0.4, 0.5) is 26.3 Å². The molecule has 0 amide bonds. The maximum Gasteiger partial charge on any atom is 0.166 e. The molecule has 0 aromatic heterocycles. The molecule has 0 saturated carbocycles. The number of hydrogen-bond acceptors (Lipinski definition) is 1. The van der Waals surface area contributed by atoms with Crippen molar-refractivity contribution in [1.29, 1.82) is 0 Å². The number of rotatable bonds is 8. The average Bonchev–Trinajstić information content (AvgIpc) is 2.90. The number of allylic oxidation sites excluding steroid dienone is 2. The first-order valence-electron chi connectivity index (χ1n) is 12.9. The Balaban J connectivity index is 1.48. The lowest BCUT2D eigenvalue weighted by molar-refractivity contribution is 0.192. The zero-order valence-electron chi connectivity index (χ0n) is 21.4. The lowest BCUT2D eigenvalue weighted by Crippen LogP contribution is -2.10. The van der Waals surface area contributed by atoms with Crippen LogP contribution in [0.15, 0.2) is 42.5 Å². The van der Waals surface area contributed by atoms with E-state index in [0.29, 0.717) is 43.2 Å². The van der Waals surface area contributed by atoms with Crippen molar-refractivity contribution in [2.75, 3.05) is 0 Å². The fraction of sp³-hybridized carbons (Fsp3) is 0.355. The minimum atomic E-state index is -1.14. The second kappa shape index (κ2) is 11.8. The van der Waals surface area contributed by atoms with Gasteiger partial charge in [0.15, 0.2) is 34.9 Å². The highest BCUT2D eigenvalue weighted by Crippen LogP contribution is 2.39. The highest BCUT2D eigenvalue weighted by Gasteiger charge is 2.26. The first-order chi connectivity index (χ1) is 18.1. The summed E-state index contributed by atoms with van der Waals surface area (Å²) in [6, 6.07) is 8.77. The van der Waals surface area contributed by atoms with Crippen LogP contribution in [0.25, 0.3) is 5.57 Å². The quantitative estimate of drug-likeness (QED) is 0.288. The average molecular weight is 533 g/mol. The van der Waals surface area contributed by atoms with Gasteiger partial charge in [0, 0.05) is 11.1 Å². The van der Waals surface area contributed by atoms with Gasteiger partial charge in [0.1, 0.15) is 0 Å². The molecule has 0 radical (unpaired) electrons. The first-order valence-corrected chi connectivity index (χ1v) is 12.9. The van der Waals surface area contributed by atoms with Gasteiger partial charge in [-0.05, 0) is 79.2 Å². The number of halogens is 6. The zero-order chi connectivity index (χ0) is 27.6. The maximum atomic E-state index is 15.0.